The highest BCUT2D eigenvalue weighted by Crippen LogP contribution is 2.52. The summed E-state index contributed by atoms with van der Waals surface area (Å²) < 4.78 is 4.20. The van der Waals surface area contributed by atoms with E-state index < -0.39 is 29.7 Å². The number of amides is 4. The second-order valence-corrected chi connectivity index (χ2v) is 16.1. The Bertz CT molecular complexity index is 2480. The van der Waals surface area contributed by atoms with Gasteiger partial charge in [-0.1, -0.05) is 68.0 Å². The molecule has 2 fully saturated rings. The number of carbonyl (C=O) groups is 4. The first-order chi connectivity index (χ1) is 28.2. The van der Waals surface area contributed by atoms with E-state index in [4.69, 9.17) is 21.7 Å². The number of hydrogen-bond acceptors (Lipinski definition) is 9. The van der Waals surface area contributed by atoms with E-state index in [0.717, 1.165) is 115 Å². The number of imide groups is 2. The van der Waals surface area contributed by atoms with Gasteiger partial charge in [0, 0.05) is 53.1 Å². The number of hydrogen-bond donors (Lipinski definition) is 2. The van der Waals surface area contributed by atoms with Crippen LogP contribution in [0.3, 0.4) is 0 Å². The van der Waals surface area contributed by atoms with Gasteiger partial charge >= 0.3 is 0 Å². The van der Waals surface area contributed by atoms with Crippen LogP contribution >= 0.6 is 11.6 Å². The van der Waals surface area contributed by atoms with Crippen molar-refractivity contribution < 1.29 is 19.2 Å². The van der Waals surface area contributed by atoms with E-state index in [1.54, 1.807) is 18.2 Å². The fourth-order valence-electron chi connectivity index (χ4n) is 8.46. The van der Waals surface area contributed by atoms with E-state index >= 15 is 0 Å². The summed E-state index contributed by atoms with van der Waals surface area (Å²) in [6, 6.07) is 18.6. The average Bonchev–Trinajstić information content (AvgIpc) is 3.56. The van der Waals surface area contributed by atoms with E-state index in [1.807, 2.05) is 42.1 Å². The van der Waals surface area contributed by atoms with Gasteiger partial charge in [-0.05, 0) is 81.0 Å². The summed E-state index contributed by atoms with van der Waals surface area (Å²) in [4.78, 5) is 56.8. The number of nitrogens with one attached hydrogen (secondary N) is 2. The molecular formula is C44H44ClN9O4. The number of anilines is 1. The lowest BCUT2D eigenvalue weighted by atomic mass is 9.96. The molecule has 0 bridgehead atoms. The molecule has 1 unspecified atom stereocenters. The molecule has 4 aliphatic rings. The molecular weight excluding hydrogens is 754 g/mol. The third kappa shape index (κ3) is 7.01. The predicted octanol–water partition coefficient (Wildman–Crippen LogP) is 7.18. The number of unbranched alkanes of at least 4 members (excludes halogenated alkanes) is 6. The van der Waals surface area contributed by atoms with Crippen molar-refractivity contribution in [1.82, 2.24) is 34.8 Å². The van der Waals surface area contributed by atoms with Crippen LogP contribution in [0.15, 0.2) is 78.0 Å². The number of fused-ring (bicyclic) bond motifs is 5. The monoisotopic (exact) mass is 797 g/mol. The molecule has 5 heterocycles. The maximum absolute atomic E-state index is 13.3. The SMILES string of the molecule is Cc1nnc2n1-c1ccc(-c3cnn(CCCCCCCCCNc4cccc5c4C(=O)N(C4CCC(=O)NC4=O)C5=O)c3)cc1C(c1ccc(Cl)cc1)=NC21CC1. The molecule has 13 nitrogen and oxygen atoms in total. The van der Waals surface area contributed by atoms with Crippen LogP contribution in [0.5, 0.6) is 0 Å². The summed E-state index contributed by atoms with van der Waals surface area (Å²) in [5.74, 6) is -0.241. The molecule has 1 saturated heterocycles. The summed E-state index contributed by atoms with van der Waals surface area (Å²) in [7, 11) is 0. The van der Waals surface area contributed by atoms with Gasteiger partial charge in [-0.3, -0.25) is 43.6 Å². The van der Waals surface area contributed by atoms with Gasteiger partial charge in [-0.2, -0.15) is 5.10 Å². The second-order valence-electron chi connectivity index (χ2n) is 15.7. The Balaban J connectivity index is 0.750. The molecule has 3 aliphatic heterocycles. The fourth-order valence-corrected chi connectivity index (χ4v) is 8.59. The number of aliphatic imine (C=N–C) groups is 1. The Morgan fingerprint density at radius 2 is 1.60 bits per heavy atom. The highest BCUT2D eigenvalue weighted by Gasteiger charge is 2.51. The molecule has 0 radical (unpaired) electrons. The minimum absolute atomic E-state index is 0.0924. The zero-order valence-corrected chi connectivity index (χ0v) is 33.1. The molecule has 58 heavy (non-hydrogen) atoms. The number of piperidine rings is 1. The second kappa shape index (κ2) is 15.4. The summed E-state index contributed by atoms with van der Waals surface area (Å²) >= 11 is 6.28. The topological polar surface area (TPSA) is 156 Å². The molecule has 2 N–H and O–H groups in total. The van der Waals surface area contributed by atoms with Gasteiger partial charge in [-0.25, -0.2) is 0 Å². The van der Waals surface area contributed by atoms with Crippen LogP contribution in [-0.4, -0.2) is 71.4 Å². The van der Waals surface area contributed by atoms with Crippen molar-refractivity contribution in [3.8, 4) is 16.8 Å². The van der Waals surface area contributed by atoms with Crippen LogP contribution in [0.25, 0.3) is 16.8 Å². The quantitative estimate of drug-likeness (QED) is 0.0885. The average molecular weight is 798 g/mol. The van der Waals surface area contributed by atoms with Gasteiger partial charge in [0.05, 0.1) is 28.7 Å². The zero-order chi connectivity index (χ0) is 40.0. The lowest BCUT2D eigenvalue weighted by molar-refractivity contribution is -0.136. The van der Waals surface area contributed by atoms with Gasteiger partial charge in [0.15, 0.2) is 5.82 Å². The summed E-state index contributed by atoms with van der Waals surface area (Å²) in [5.41, 5.74) is 6.96. The molecule has 4 amide bonds. The normalized spacial score (nSPS) is 17.8. The third-order valence-electron chi connectivity index (χ3n) is 11.7. The maximum Gasteiger partial charge on any atom is 0.264 e. The number of benzene rings is 3. The molecule has 1 saturated carbocycles. The number of nitrogens with zero attached hydrogens (tertiary/aromatic N) is 7. The molecule has 2 aromatic heterocycles. The first kappa shape index (κ1) is 37.6. The molecule has 296 valence electrons. The van der Waals surface area contributed by atoms with Crippen molar-refractivity contribution in [1.29, 1.82) is 0 Å². The van der Waals surface area contributed by atoms with Crippen molar-refractivity contribution in [3.63, 3.8) is 0 Å². The smallest absolute Gasteiger partial charge is 0.264 e. The van der Waals surface area contributed by atoms with Gasteiger partial charge in [0.25, 0.3) is 11.8 Å². The number of halogens is 1. The van der Waals surface area contributed by atoms with Crippen LogP contribution in [0.2, 0.25) is 5.02 Å². The highest BCUT2D eigenvalue weighted by atomic mass is 35.5. The van der Waals surface area contributed by atoms with Crippen molar-refractivity contribution in [2.45, 2.75) is 95.7 Å². The van der Waals surface area contributed by atoms with Crippen molar-refractivity contribution in [2.75, 3.05) is 11.9 Å². The Kier molecular flexibility index (Phi) is 10.0. The fraction of sp³-hybridized carbons (Fsp3) is 0.364. The molecule has 1 atom stereocenters. The van der Waals surface area contributed by atoms with E-state index in [0.29, 0.717) is 22.8 Å². The first-order valence-electron chi connectivity index (χ1n) is 20.3. The standard InChI is InChI=1S/C44H44ClN9O4/c1-27-50-51-43-44(20-21-44)49-39(28-12-15-31(45)16-13-28)33-24-29(14-17-35(33)53(27)43)30-25-47-52(26-30)23-8-6-4-2-3-5-7-22-46-34-11-9-10-32-38(34)42(58)54(41(32)57)36-18-19-37(55)48-40(36)56/h9-17,24-26,36,46H,2-8,18-23H2,1H3,(H,48,55,56). The third-order valence-corrected chi connectivity index (χ3v) is 12.0. The van der Waals surface area contributed by atoms with Crippen LogP contribution in [0, 0.1) is 6.92 Å². The van der Waals surface area contributed by atoms with E-state index in [1.165, 1.54) is 0 Å². The highest BCUT2D eigenvalue weighted by molar-refractivity contribution is 6.30. The summed E-state index contributed by atoms with van der Waals surface area (Å²) in [5, 5.41) is 20.0. The van der Waals surface area contributed by atoms with E-state index in [-0.39, 0.29) is 23.9 Å². The largest absolute Gasteiger partial charge is 0.384 e. The summed E-state index contributed by atoms with van der Waals surface area (Å²) in [6.45, 7) is 3.51. The van der Waals surface area contributed by atoms with Crippen molar-refractivity contribution >= 4 is 46.6 Å². The molecule has 1 aliphatic carbocycles. The van der Waals surface area contributed by atoms with Crippen molar-refractivity contribution in [3.05, 3.63) is 112 Å². The Morgan fingerprint density at radius 1 is 0.845 bits per heavy atom. The van der Waals surface area contributed by atoms with Gasteiger partial charge in [0.1, 0.15) is 17.4 Å². The number of aromatic nitrogens is 5. The van der Waals surface area contributed by atoms with E-state index in [9.17, 15) is 19.2 Å². The lowest BCUT2D eigenvalue weighted by Crippen LogP contribution is -2.54. The number of aryl methyl sites for hydroxylation is 2. The van der Waals surface area contributed by atoms with Gasteiger partial charge < -0.3 is 5.32 Å². The predicted molar refractivity (Wildman–Crippen MR) is 219 cm³/mol. The minimum Gasteiger partial charge on any atom is -0.384 e. The number of carbonyl (C=O) groups excluding carboxylic acids is 4. The lowest BCUT2D eigenvalue weighted by Gasteiger charge is -2.27. The summed E-state index contributed by atoms with van der Waals surface area (Å²) in [6.07, 6.45) is 13.7. The van der Waals surface area contributed by atoms with Crippen LogP contribution in [0.1, 0.15) is 114 Å². The van der Waals surface area contributed by atoms with Crippen molar-refractivity contribution in [2.24, 2.45) is 4.99 Å². The van der Waals surface area contributed by atoms with Crippen LogP contribution in [-0.2, 0) is 21.7 Å². The zero-order valence-electron chi connectivity index (χ0n) is 32.3. The number of rotatable bonds is 14. The van der Waals surface area contributed by atoms with Gasteiger partial charge in [-0.15, -0.1) is 10.2 Å². The Hall–Kier alpha value is -5.95. The molecule has 9 rings (SSSR count). The molecule has 14 heteroatoms. The Labute approximate surface area is 340 Å². The maximum atomic E-state index is 13.3. The Morgan fingerprint density at radius 3 is 2.38 bits per heavy atom. The first-order valence-corrected chi connectivity index (χ1v) is 20.6. The molecule has 1 spiro atoms. The molecule has 5 aromatic rings. The van der Waals surface area contributed by atoms with Crippen LogP contribution in [0.4, 0.5) is 5.69 Å². The molecule has 3 aromatic carbocycles. The minimum atomic E-state index is -0.975. The van der Waals surface area contributed by atoms with E-state index in [2.05, 4.69) is 49.8 Å². The van der Waals surface area contributed by atoms with Gasteiger partial charge in [0.2, 0.25) is 11.8 Å². The van der Waals surface area contributed by atoms with Crippen LogP contribution < -0.4 is 10.6 Å².